The summed E-state index contributed by atoms with van der Waals surface area (Å²) < 4.78 is 10.6. The largest absolute Gasteiger partial charge is 0.494 e. The van der Waals surface area contributed by atoms with Crippen molar-refractivity contribution in [2.75, 3.05) is 11.9 Å². The molecule has 0 heterocycles. The molecule has 0 aliphatic rings. The number of benzene rings is 2. The number of carbonyl (C=O) groups excluding carboxylic acids is 3. The number of carbonyl (C=O) groups is 3. The third kappa shape index (κ3) is 5.17. The Morgan fingerprint density at radius 2 is 1.54 bits per heavy atom. The van der Waals surface area contributed by atoms with E-state index in [1.54, 1.807) is 36.4 Å². The third-order valence-corrected chi connectivity index (χ3v) is 3.54. The van der Waals surface area contributed by atoms with Gasteiger partial charge in [-0.15, -0.1) is 0 Å². The summed E-state index contributed by atoms with van der Waals surface area (Å²) in [7, 11) is 0. The predicted molar refractivity (Wildman–Crippen MR) is 97.6 cm³/mol. The summed E-state index contributed by atoms with van der Waals surface area (Å²) in [5.74, 6) is -0.426. The minimum atomic E-state index is -0.921. The molecule has 0 saturated heterocycles. The first-order valence-corrected chi connectivity index (χ1v) is 8.26. The number of hydrogen-bond donors (Lipinski definition) is 1. The number of esters is 1. The highest BCUT2D eigenvalue weighted by Gasteiger charge is 2.20. The molecule has 0 aromatic heterocycles. The van der Waals surface area contributed by atoms with E-state index in [1.807, 2.05) is 6.92 Å². The lowest BCUT2D eigenvalue weighted by molar-refractivity contribution is -0.114. The zero-order chi connectivity index (χ0) is 19.1. The van der Waals surface area contributed by atoms with Crippen LogP contribution in [0.5, 0.6) is 5.75 Å². The second-order valence-electron chi connectivity index (χ2n) is 5.63. The van der Waals surface area contributed by atoms with Gasteiger partial charge >= 0.3 is 5.97 Å². The normalized spacial score (nSPS) is 11.3. The third-order valence-electron chi connectivity index (χ3n) is 3.54. The van der Waals surface area contributed by atoms with Gasteiger partial charge in [0.2, 0.25) is 11.7 Å². The zero-order valence-electron chi connectivity index (χ0n) is 14.9. The number of anilines is 1. The van der Waals surface area contributed by atoms with E-state index in [2.05, 4.69) is 5.32 Å². The van der Waals surface area contributed by atoms with Crippen molar-refractivity contribution in [3.05, 3.63) is 59.7 Å². The fraction of sp³-hybridized carbons (Fsp3) is 0.250. The Morgan fingerprint density at radius 1 is 0.962 bits per heavy atom. The fourth-order valence-electron chi connectivity index (χ4n) is 2.29. The van der Waals surface area contributed by atoms with Gasteiger partial charge in [-0.2, -0.15) is 0 Å². The lowest BCUT2D eigenvalue weighted by Crippen LogP contribution is -2.24. The van der Waals surface area contributed by atoms with Crippen molar-refractivity contribution in [3.63, 3.8) is 0 Å². The summed E-state index contributed by atoms with van der Waals surface area (Å²) in [4.78, 5) is 35.6. The number of rotatable bonds is 7. The maximum atomic E-state index is 12.4. The molecule has 0 unspecified atom stereocenters. The van der Waals surface area contributed by atoms with Gasteiger partial charge in [-0.1, -0.05) is 0 Å². The standard InChI is InChI=1S/C20H21NO5/c1-4-25-18-11-7-15(8-12-18)19(23)13(2)26-20(24)16-5-9-17(10-6-16)21-14(3)22/h5-13H,4H2,1-3H3,(H,21,22)/t13-/m0/s1. The molecule has 1 amide bonds. The lowest BCUT2D eigenvalue weighted by Gasteiger charge is -2.13. The molecule has 6 heteroatoms. The number of nitrogens with one attached hydrogen (secondary N) is 1. The first-order valence-electron chi connectivity index (χ1n) is 8.26. The van der Waals surface area contributed by atoms with Crippen LogP contribution in [0, 0.1) is 0 Å². The molecule has 6 nitrogen and oxygen atoms in total. The number of hydrogen-bond acceptors (Lipinski definition) is 5. The number of amides is 1. The maximum absolute atomic E-state index is 12.4. The molecular weight excluding hydrogens is 334 g/mol. The van der Waals surface area contributed by atoms with Crippen LogP contribution in [0.15, 0.2) is 48.5 Å². The van der Waals surface area contributed by atoms with E-state index in [4.69, 9.17) is 9.47 Å². The molecular formula is C20H21NO5. The molecule has 26 heavy (non-hydrogen) atoms. The van der Waals surface area contributed by atoms with Crippen LogP contribution in [0.4, 0.5) is 5.69 Å². The van der Waals surface area contributed by atoms with Crippen molar-refractivity contribution >= 4 is 23.3 Å². The van der Waals surface area contributed by atoms with Gasteiger partial charge < -0.3 is 14.8 Å². The van der Waals surface area contributed by atoms with E-state index < -0.39 is 12.1 Å². The Hall–Kier alpha value is -3.15. The zero-order valence-corrected chi connectivity index (χ0v) is 14.9. The summed E-state index contributed by atoms with van der Waals surface area (Å²) in [5, 5.41) is 2.61. The van der Waals surface area contributed by atoms with Crippen molar-refractivity contribution in [2.24, 2.45) is 0 Å². The second-order valence-corrected chi connectivity index (χ2v) is 5.63. The Labute approximate surface area is 152 Å². The highest BCUT2D eigenvalue weighted by atomic mass is 16.5. The quantitative estimate of drug-likeness (QED) is 0.607. The Kier molecular flexibility index (Phi) is 6.49. The lowest BCUT2D eigenvalue weighted by atomic mass is 10.1. The van der Waals surface area contributed by atoms with Gasteiger partial charge in [0.05, 0.1) is 12.2 Å². The van der Waals surface area contributed by atoms with Crippen LogP contribution >= 0.6 is 0 Å². The Balaban J connectivity index is 1.99. The molecule has 136 valence electrons. The molecule has 2 rings (SSSR count). The smallest absolute Gasteiger partial charge is 0.338 e. The van der Waals surface area contributed by atoms with Gasteiger partial charge in [0, 0.05) is 18.2 Å². The maximum Gasteiger partial charge on any atom is 0.338 e. The summed E-state index contributed by atoms with van der Waals surface area (Å²) in [6.07, 6.45) is -0.921. The summed E-state index contributed by atoms with van der Waals surface area (Å²) in [6.45, 7) is 5.35. The van der Waals surface area contributed by atoms with E-state index in [0.717, 1.165) is 0 Å². The van der Waals surface area contributed by atoms with Gasteiger partial charge in [0.15, 0.2) is 6.10 Å². The fourth-order valence-corrected chi connectivity index (χ4v) is 2.29. The molecule has 0 spiro atoms. The van der Waals surface area contributed by atoms with Crippen LogP contribution in [-0.2, 0) is 9.53 Å². The average Bonchev–Trinajstić information content (AvgIpc) is 2.62. The molecule has 1 N–H and O–H groups in total. The minimum absolute atomic E-state index is 0.199. The van der Waals surface area contributed by atoms with Crippen LogP contribution in [0.3, 0.4) is 0 Å². The van der Waals surface area contributed by atoms with Crippen molar-refractivity contribution in [1.82, 2.24) is 0 Å². The average molecular weight is 355 g/mol. The highest BCUT2D eigenvalue weighted by molar-refractivity contribution is 6.01. The van der Waals surface area contributed by atoms with Crippen LogP contribution in [0.2, 0.25) is 0 Å². The molecule has 0 aliphatic carbocycles. The van der Waals surface area contributed by atoms with E-state index in [9.17, 15) is 14.4 Å². The van der Waals surface area contributed by atoms with Gasteiger partial charge in [0.1, 0.15) is 5.75 Å². The van der Waals surface area contributed by atoms with Crippen LogP contribution in [-0.4, -0.2) is 30.4 Å². The Morgan fingerprint density at radius 3 is 2.08 bits per heavy atom. The van der Waals surface area contributed by atoms with Crippen molar-refractivity contribution in [1.29, 1.82) is 0 Å². The van der Waals surface area contributed by atoms with Gasteiger partial charge in [-0.3, -0.25) is 9.59 Å². The Bertz CT molecular complexity index is 781. The van der Waals surface area contributed by atoms with E-state index >= 15 is 0 Å². The minimum Gasteiger partial charge on any atom is -0.494 e. The van der Waals surface area contributed by atoms with E-state index in [-0.39, 0.29) is 11.7 Å². The van der Waals surface area contributed by atoms with Crippen LogP contribution < -0.4 is 10.1 Å². The molecule has 0 fully saturated rings. The predicted octanol–water partition coefficient (Wildman–Crippen LogP) is 3.47. The van der Waals surface area contributed by atoms with Crippen molar-refractivity contribution < 1.29 is 23.9 Å². The number of ether oxygens (including phenoxy) is 2. The van der Waals surface area contributed by atoms with Gasteiger partial charge in [-0.25, -0.2) is 4.79 Å². The summed E-state index contributed by atoms with van der Waals surface area (Å²) in [5.41, 5.74) is 1.31. The SMILES string of the molecule is CCOc1ccc(C(=O)[C@H](C)OC(=O)c2ccc(NC(C)=O)cc2)cc1. The molecule has 2 aromatic rings. The second kappa shape index (κ2) is 8.80. The van der Waals surface area contributed by atoms with Gasteiger partial charge in [-0.05, 0) is 62.4 Å². The monoisotopic (exact) mass is 355 g/mol. The number of ketones is 1. The highest BCUT2D eigenvalue weighted by Crippen LogP contribution is 2.16. The summed E-state index contributed by atoms with van der Waals surface area (Å²) in [6, 6.07) is 12.9. The van der Waals surface area contributed by atoms with E-state index in [0.29, 0.717) is 29.2 Å². The topological polar surface area (TPSA) is 81.7 Å². The van der Waals surface area contributed by atoms with Crippen LogP contribution in [0.1, 0.15) is 41.5 Å². The molecule has 2 aromatic carbocycles. The van der Waals surface area contributed by atoms with Crippen molar-refractivity contribution in [3.8, 4) is 5.75 Å². The van der Waals surface area contributed by atoms with Gasteiger partial charge in [0.25, 0.3) is 0 Å². The first-order chi connectivity index (χ1) is 12.4. The summed E-state index contributed by atoms with van der Waals surface area (Å²) >= 11 is 0. The van der Waals surface area contributed by atoms with Crippen molar-refractivity contribution in [2.45, 2.75) is 26.9 Å². The molecule has 0 bridgehead atoms. The molecule has 1 atom stereocenters. The molecule has 0 radical (unpaired) electrons. The van der Waals surface area contributed by atoms with E-state index in [1.165, 1.54) is 26.0 Å². The first kappa shape index (κ1) is 19.2. The van der Waals surface area contributed by atoms with Crippen LogP contribution in [0.25, 0.3) is 0 Å². The molecule has 0 saturated carbocycles. The molecule has 0 aliphatic heterocycles. The number of Topliss-reactive ketones (excluding diaryl/α,β-unsaturated/α-hetero) is 1.